The predicted molar refractivity (Wildman–Crippen MR) is 71.9 cm³/mol. The SMILES string of the molecule is CC(NCCCCCC(=O)O)c1ccc(Cl)s1. The molecule has 0 fully saturated rings. The number of rotatable bonds is 8. The Hall–Kier alpha value is -0.580. The average molecular weight is 276 g/mol. The molecule has 0 aromatic carbocycles. The Labute approximate surface area is 111 Å². The van der Waals surface area contributed by atoms with E-state index < -0.39 is 5.97 Å². The second-order valence-electron chi connectivity index (χ2n) is 4.02. The van der Waals surface area contributed by atoms with E-state index in [-0.39, 0.29) is 6.42 Å². The molecule has 0 aliphatic carbocycles. The lowest BCUT2D eigenvalue weighted by Crippen LogP contribution is -2.18. The molecule has 1 aromatic heterocycles. The molecule has 0 amide bonds. The van der Waals surface area contributed by atoms with E-state index in [4.69, 9.17) is 16.7 Å². The van der Waals surface area contributed by atoms with Crippen LogP contribution < -0.4 is 5.32 Å². The molecule has 0 bridgehead atoms. The maximum Gasteiger partial charge on any atom is 0.303 e. The van der Waals surface area contributed by atoms with Crippen molar-refractivity contribution in [2.24, 2.45) is 0 Å². The molecule has 0 aliphatic heterocycles. The Morgan fingerprint density at radius 2 is 2.24 bits per heavy atom. The summed E-state index contributed by atoms with van der Waals surface area (Å²) in [5, 5.41) is 11.9. The van der Waals surface area contributed by atoms with E-state index in [0.29, 0.717) is 6.04 Å². The van der Waals surface area contributed by atoms with Gasteiger partial charge >= 0.3 is 5.97 Å². The summed E-state index contributed by atoms with van der Waals surface area (Å²) in [7, 11) is 0. The highest BCUT2D eigenvalue weighted by Crippen LogP contribution is 2.26. The standard InChI is InChI=1S/C12H18ClNO2S/c1-9(10-6-7-11(13)17-10)14-8-4-2-3-5-12(15)16/h6-7,9,14H,2-5,8H2,1H3,(H,15,16). The first-order valence-electron chi connectivity index (χ1n) is 5.80. The highest BCUT2D eigenvalue weighted by atomic mass is 35.5. The van der Waals surface area contributed by atoms with Crippen molar-refractivity contribution >= 4 is 28.9 Å². The van der Waals surface area contributed by atoms with Gasteiger partial charge in [0.1, 0.15) is 0 Å². The monoisotopic (exact) mass is 275 g/mol. The van der Waals surface area contributed by atoms with Crippen LogP contribution in [0.4, 0.5) is 0 Å². The number of hydrogen-bond acceptors (Lipinski definition) is 3. The summed E-state index contributed by atoms with van der Waals surface area (Å²) in [6, 6.07) is 4.26. The van der Waals surface area contributed by atoms with Gasteiger partial charge in [0.25, 0.3) is 0 Å². The summed E-state index contributed by atoms with van der Waals surface area (Å²) in [5.74, 6) is -0.709. The first kappa shape index (κ1) is 14.5. The fraction of sp³-hybridized carbons (Fsp3) is 0.583. The van der Waals surface area contributed by atoms with Crippen molar-refractivity contribution in [1.82, 2.24) is 5.32 Å². The molecule has 1 aromatic rings. The van der Waals surface area contributed by atoms with Gasteiger partial charge < -0.3 is 10.4 Å². The lowest BCUT2D eigenvalue weighted by atomic mass is 10.2. The normalized spacial score (nSPS) is 12.6. The maximum absolute atomic E-state index is 10.3. The van der Waals surface area contributed by atoms with E-state index in [0.717, 1.165) is 30.1 Å². The van der Waals surface area contributed by atoms with E-state index in [1.165, 1.54) is 4.88 Å². The highest BCUT2D eigenvalue weighted by molar-refractivity contribution is 7.16. The van der Waals surface area contributed by atoms with E-state index in [9.17, 15) is 4.79 Å². The van der Waals surface area contributed by atoms with Gasteiger partial charge in [-0.2, -0.15) is 0 Å². The minimum atomic E-state index is -0.709. The molecule has 2 N–H and O–H groups in total. The summed E-state index contributed by atoms with van der Waals surface area (Å²) in [5.41, 5.74) is 0. The quantitative estimate of drug-likeness (QED) is 0.711. The molecular weight excluding hydrogens is 258 g/mol. The van der Waals surface area contributed by atoms with E-state index in [1.54, 1.807) is 11.3 Å². The van der Waals surface area contributed by atoms with Crippen LogP contribution in [-0.4, -0.2) is 17.6 Å². The van der Waals surface area contributed by atoms with Crippen LogP contribution in [0.25, 0.3) is 0 Å². The molecule has 0 spiro atoms. The Kier molecular flexibility index (Phi) is 6.55. The van der Waals surface area contributed by atoms with Crippen molar-refractivity contribution in [2.45, 2.75) is 38.6 Å². The number of thiophene rings is 1. The van der Waals surface area contributed by atoms with E-state index in [1.807, 2.05) is 12.1 Å². The van der Waals surface area contributed by atoms with Crippen LogP contribution in [0.15, 0.2) is 12.1 Å². The van der Waals surface area contributed by atoms with Crippen molar-refractivity contribution in [2.75, 3.05) is 6.54 Å². The van der Waals surface area contributed by atoms with E-state index >= 15 is 0 Å². The van der Waals surface area contributed by atoms with Crippen LogP contribution in [0, 0.1) is 0 Å². The number of nitrogens with one attached hydrogen (secondary N) is 1. The van der Waals surface area contributed by atoms with E-state index in [2.05, 4.69) is 12.2 Å². The largest absolute Gasteiger partial charge is 0.481 e. The molecule has 17 heavy (non-hydrogen) atoms. The van der Waals surface area contributed by atoms with Gasteiger partial charge in [0.15, 0.2) is 0 Å². The fourth-order valence-corrected chi connectivity index (χ4v) is 2.65. The summed E-state index contributed by atoms with van der Waals surface area (Å²) in [4.78, 5) is 11.5. The van der Waals surface area contributed by atoms with Gasteiger partial charge in [-0.25, -0.2) is 0 Å². The number of hydrogen-bond donors (Lipinski definition) is 2. The topological polar surface area (TPSA) is 49.3 Å². The molecule has 5 heteroatoms. The Balaban J connectivity index is 2.08. The van der Waals surface area contributed by atoms with Crippen LogP contribution in [0.2, 0.25) is 4.34 Å². The molecule has 0 saturated heterocycles. The molecular formula is C12H18ClNO2S. The molecule has 96 valence electrons. The molecule has 0 saturated carbocycles. The Bertz CT molecular complexity index is 354. The average Bonchev–Trinajstić information content (AvgIpc) is 2.69. The third-order valence-electron chi connectivity index (χ3n) is 2.54. The third-order valence-corrected chi connectivity index (χ3v) is 3.95. The fourth-order valence-electron chi connectivity index (χ4n) is 1.56. The zero-order valence-corrected chi connectivity index (χ0v) is 11.5. The highest BCUT2D eigenvalue weighted by Gasteiger charge is 2.06. The van der Waals surface area contributed by atoms with Crippen molar-refractivity contribution < 1.29 is 9.90 Å². The van der Waals surface area contributed by atoms with Gasteiger partial charge in [-0.1, -0.05) is 18.0 Å². The summed E-state index contributed by atoms with van der Waals surface area (Å²) < 4.78 is 0.815. The van der Waals surface area contributed by atoms with Crippen molar-refractivity contribution in [1.29, 1.82) is 0 Å². The zero-order valence-electron chi connectivity index (χ0n) is 9.91. The first-order chi connectivity index (χ1) is 8.09. The number of aliphatic carboxylic acids is 1. The van der Waals surface area contributed by atoms with Crippen LogP contribution in [0.3, 0.4) is 0 Å². The van der Waals surface area contributed by atoms with Gasteiger partial charge in [-0.05, 0) is 38.4 Å². The van der Waals surface area contributed by atoms with Crippen LogP contribution >= 0.6 is 22.9 Å². The summed E-state index contributed by atoms with van der Waals surface area (Å²) in [6.45, 7) is 3.02. The minimum Gasteiger partial charge on any atom is -0.481 e. The summed E-state index contributed by atoms with van der Waals surface area (Å²) in [6.07, 6.45) is 3.00. The minimum absolute atomic E-state index is 0.274. The molecule has 1 rings (SSSR count). The molecule has 0 aliphatic rings. The van der Waals surface area contributed by atoms with Gasteiger partial charge in [0, 0.05) is 17.3 Å². The van der Waals surface area contributed by atoms with Crippen LogP contribution in [0.1, 0.15) is 43.5 Å². The first-order valence-corrected chi connectivity index (χ1v) is 6.99. The van der Waals surface area contributed by atoms with Crippen molar-refractivity contribution in [3.8, 4) is 0 Å². The van der Waals surface area contributed by atoms with Gasteiger partial charge in [-0.15, -0.1) is 11.3 Å². The maximum atomic E-state index is 10.3. The molecule has 3 nitrogen and oxygen atoms in total. The number of carboxylic acid groups (broad SMARTS) is 1. The smallest absolute Gasteiger partial charge is 0.303 e. The number of carboxylic acids is 1. The van der Waals surface area contributed by atoms with Crippen molar-refractivity contribution in [3.05, 3.63) is 21.3 Å². The summed E-state index contributed by atoms with van der Waals surface area (Å²) >= 11 is 7.47. The molecule has 1 unspecified atom stereocenters. The molecule has 0 radical (unpaired) electrons. The van der Waals surface area contributed by atoms with Gasteiger partial charge in [0.2, 0.25) is 0 Å². The van der Waals surface area contributed by atoms with Gasteiger partial charge in [0.05, 0.1) is 4.34 Å². The van der Waals surface area contributed by atoms with Gasteiger partial charge in [-0.3, -0.25) is 4.79 Å². The number of carbonyl (C=O) groups is 1. The molecule has 1 heterocycles. The Morgan fingerprint density at radius 1 is 1.47 bits per heavy atom. The van der Waals surface area contributed by atoms with Crippen LogP contribution in [-0.2, 0) is 4.79 Å². The Morgan fingerprint density at radius 3 is 2.82 bits per heavy atom. The number of halogens is 1. The second kappa shape index (κ2) is 7.69. The lowest BCUT2D eigenvalue weighted by Gasteiger charge is -2.11. The zero-order chi connectivity index (χ0) is 12.7. The predicted octanol–water partition coefficient (Wildman–Crippen LogP) is 3.70. The van der Waals surface area contributed by atoms with Crippen LogP contribution in [0.5, 0.6) is 0 Å². The van der Waals surface area contributed by atoms with Crippen molar-refractivity contribution in [3.63, 3.8) is 0 Å². The lowest BCUT2D eigenvalue weighted by molar-refractivity contribution is -0.137. The molecule has 1 atom stereocenters. The second-order valence-corrected chi connectivity index (χ2v) is 5.77. The third kappa shape index (κ3) is 6.05. The number of unbranched alkanes of at least 4 members (excludes halogenated alkanes) is 2.